The summed E-state index contributed by atoms with van der Waals surface area (Å²) in [5.74, 6) is 0.757. The number of hydrogen-bond donors (Lipinski definition) is 1. The number of anilines is 1. The third-order valence-corrected chi connectivity index (χ3v) is 6.33. The fourth-order valence-electron chi connectivity index (χ4n) is 4.44. The Morgan fingerprint density at radius 1 is 1.00 bits per heavy atom. The van der Waals surface area contributed by atoms with Crippen LogP contribution in [-0.2, 0) is 9.59 Å². The van der Waals surface area contributed by atoms with Crippen LogP contribution in [0, 0.1) is 5.92 Å². The van der Waals surface area contributed by atoms with Gasteiger partial charge in [0.2, 0.25) is 11.8 Å². The van der Waals surface area contributed by atoms with Crippen LogP contribution in [0.15, 0.2) is 60.8 Å². The van der Waals surface area contributed by atoms with E-state index in [1.54, 1.807) is 24.4 Å². The SMILES string of the molecule is O=C(Nc1ccc(/C=C/C(=O)N2CCC=C(c3ccccc3)CC2)cn1)C1CCCCC1. The Morgan fingerprint density at radius 3 is 2.56 bits per heavy atom. The van der Waals surface area contributed by atoms with Gasteiger partial charge in [0, 0.05) is 31.3 Å². The van der Waals surface area contributed by atoms with E-state index in [0.717, 1.165) is 50.6 Å². The average molecular weight is 430 g/mol. The summed E-state index contributed by atoms with van der Waals surface area (Å²) in [4.78, 5) is 31.3. The van der Waals surface area contributed by atoms with Crippen molar-refractivity contribution in [1.82, 2.24) is 9.88 Å². The summed E-state index contributed by atoms with van der Waals surface area (Å²) in [7, 11) is 0. The standard InChI is InChI=1S/C27H31N3O2/c31-26(30-18-7-12-23(17-19-30)22-8-3-1-4-9-22)16-14-21-13-15-25(28-20-21)29-27(32)24-10-5-2-6-11-24/h1,3-4,8-9,12-16,20,24H,2,5-7,10-11,17-19H2,(H,28,29,32)/b16-14+. The fraction of sp³-hybridized carbons (Fsp3) is 0.370. The summed E-state index contributed by atoms with van der Waals surface area (Å²) < 4.78 is 0. The average Bonchev–Trinajstić information content (AvgIpc) is 3.11. The van der Waals surface area contributed by atoms with Crippen LogP contribution in [0.5, 0.6) is 0 Å². The molecule has 0 radical (unpaired) electrons. The van der Waals surface area contributed by atoms with Gasteiger partial charge in [-0.2, -0.15) is 0 Å². The van der Waals surface area contributed by atoms with Gasteiger partial charge < -0.3 is 10.2 Å². The van der Waals surface area contributed by atoms with Crippen LogP contribution in [0.2, 0.25) is 0 Å². The van der Waals surface area contributed by atoms with Crippen molar-refractivity contribution in [1.29, 1.82) is 0 Å². The molecule has 0 unspecified atom stereocenters. The quantitative estimate of drug-likeness (QED) is 0.655. The number of benzene rings is 1. The second kappa shape index (κ2) is 10.9. The molecule has 0 bridgehead atoms. The predicted octanol–water partition coefficient (Wildman–Crippen LogP) is 5.32. The molecule has 1 fully saturated rings. The highest BCUT2D eigenvalue weighted by Gasteiger charge is 2.21. The number of carbonyl (C=O) groups is 2. The Balaban J connectivity index is 1.28. The van der Waals surface area contributed by atoms with Crippen molar-refractivity contribution in [2.45, 2.75) is 44.9 Å². The van der Waals surface area contributed by atoms with Crippen LogP contribution in [0.4, 0.5) is 5.82 Å². The first kappa shape index (κ1) is 22.0. The molecule has 4 rings (SSSR count). The number of carbonyl (C=O) groups excluding carboxylic acids is 2. The molecule has 2 heterocycles. The lowest BCUT2D eigenvalue weighted by atomic mass is 9.89. The zero-order valence-electron chi connectivity index (χ0n) is 18.5. The van der Waals surface area contributed by atoms with Gasteiger partial charge in [0.25, 0.3) is 0 Å². The van der Waals surface area contributed by atoms with E-state index in [9.17, 15) is 9.59 Å². The van der Waals surface area contributed by atoms with Crippen molar-refractivity contribution in [2.75, 3.05) is 18.4 Å². The minimum Gasteiger partial charge on any atom is -0.339 e. The summed E-state index contributed by atoms with van der Waals surface area (Å²) in [6.45, 7) is 1.44. The number of nitrogens with zero attached hydrogens (tertiary/aromatic N) is 2. The van der Waals surface area contributed by atoms with Gasteiger partial charge in [-0.25, -0.2) is 4.98 Å². The molecular weight excluding hydrogens is 398 g/mol. The lowest BCUT2D eigenvalue weighted by molar-refractivity contribution is -0.125. The van der Waals surface area contributed by atoms with Crippen molar-refractivity contribution in [3.8, 4) is 0 Å². The van der Waals surface area contributed by atoms with Crippen molar-refractivity contribution >= 4 is 29.3 Å². The van der Waals surface area contributed by atoms with Crippen molar-refractivity contribution in [3.63, 3.8) is 0 Å². The molecule has 2 aromatic rings. The van der Waals surface area contributed by atoms with Gasteiger partial charge in [-0.05, 0) is 60.6 Å². The Labute approximate surface area is 190 Å². The molecule has 1 aromatic heterocycles. The predicted molar refractivity (Wildman–Crippen MR) is 129 cm³/mol. The topological polar surface area (TPSA) is 62.3 Å². The molecule has 1 N–H and O–H groups in total. The van der Waals surface area contributed by atoms with Crippen LogP contribution in [0.3, 0.4) is 0 Å². The first-order valence-electron chi connectivity index (χ1n) is 11.7. The normalized spacial score (nSPS) is 17.6. The van der Waals surface area contributed by atoms with Crippen LogP contribution in [0.1, 0.15) is 56.1 Å². The van der Waals surface area contributed by atoms with E-state index in [2.05, 4.69) is 28.5 Å². The van der Waals surface area contributed by atoms with Gasteiger partial charge in [-0.15, -0.1) is 0 Å². The molecule has 2 aliphatic rings. The number of aromatic nitrogens is 1. The van der Waals surface area contributed by atoms with Crippen LogP contribution >= 0.6 is 0 Å². The molecule has 1 aliphatic carbocycles. The summed E-state index contributed by atoms with van der Waals surface area (Å²) in [6.07, 6.45) is 14.5. The van der Waals surface area contributed by atoms with Crippen LogP contribution < -0.4 is 5.32 Å². The third kappa shape index (κ3) is 5.94. The maximum Gasteiger partial charge on any atom is 0.246 e. The molecule has 0 saturated heterocycles. The second-order valence-electron chi connectivity index (χ2n) is 8.59. The molecule has 0 spiro atoms. The molecule has 166 valence electrons. The number of amides is 2. The second-order valence-corrected chi connectivity index (χ2v) is 8.59. The van der Waals surface area contributed by atoms with Gasteiger partial charge in [0.15, 0.2) is 0 Å². The van der Waals surface area contributed by atoms with E-state index in [1.165, 1.54) is 17.6 Å². The molecule has 1 aromatic carbocycles. The first-order valence-corrected chi connectivity index (χ1v) is 11.7. The maximum absolute atomic E-state index is 12.7. The lowest BCUT2D eigenvalue weighted by Gasteiger charge is -2.20. The van der Waals surface area contributed by atoms with Crippen molar-refractivity contribution < 1.29 is 9.59 Å². The van der Waals surface area contributed by atoms with E-state index < -0.39 is 0 Å². The molecular formula is C27H31N3O2. The fourth-order valence-corrected chi connectivity index (χ4v) is 4.44. The smallest absolute Gasteiger partial charge is 0.246 e. The summed E-state index contributed by atoms with van der Waals surface area (Å²) in [5.41, 5.74) is 3.38. The summed E-state index contributed by atoms with van der Waals surface area (Å²) in [5, 5.41) is 2.92. The molecule has 1 aliphatic heterocycles. The molecule has 0 atom stereocenters. The largest absolute Gasteiger partial charge is 0.339 e. The number of rotatable bonds is 5. The van der Waals surface area contributed by atoms with E-state index in [-0.39, 0.29) is 17.7 Å². The van der Waals surface area contributed by atoms with Crippen molar-refractivity contribution in [3.05, 3.63) is 71.9 Å². The monoisotopic (exact) mass is 429 g/mol. The molecule has 5 nitrogen and oxygen atoms in total. The number of pyridine rings is 1. The van der Waals surface area contributed by atoms with Crippen LogP contribution in [-0.4, -0.2) is 34.8 Å². The Kier molecular flexibility index (Phi) is 7.49. The van der Waals surface area contributed by atoms with E-state index in [0.29, 0.717) is 12.4 Å². The van der Waals surface area contributed by atoms with E-state index in [1.807, 2.05) is 29.2 Å². The maximum atomic E-state index is 12.7. The minimum absolute atomic E-state index is 0.0161. The Hall–Kier alpha value is -3.21. The molecule has 1 saturated carbocycles. The zero-order valence-corrected chi connectivity index (χ0v) is 18.5. The first-order chi connectivity index (χ1) is 15.7. The van der Waals surface area contributed by atoms with E-state index in [4.69, 9.17) is 0 Å². The summed E-state index contributed by atoms with van der Waals surface area (Å²) >= 11 is 0. The van der Waals surface area contributed by atoms with Gasteiger partial charge >= 0.3 is 0 Å². The molecule has 5 heteroatoms. The Morgan fingerprint density at radius 2 is 1.81 bits per heavy atom. The van der Waals surface area contributed by atoms with Gasteiger partial charge in [0.05, 0.1) is 0 Å². The highest BCUT2D eigenvalue weighted by molar-refractivity contribution is 5.93. The van der Waals surface area contributed by atoms with Gasteiger partial charge in [0.1, 0.15) is 5.82 Å². The third-order valence-electron chi connectivity index (χ3n) is 6.33. The van der Waals surface area contributed by atoms with Gasteiger partial charge in [-0.1, -0.05) is 55.7 Å². The minimum atomic E-state index is 0.0161. The van der Waals surface area contributed by atoms with Gasteiger partial charge in [-0.3, -0.25) is 9.59 Å². The summed E-state index contributed by atoms with van der Waals surface area (Å²) in [6, 6.07) is 14.0. The van der Waals surface area contributed by atoms with Crippen LogP contribution in [0.25, 0.3) is 11.6 Å². The molecule has 32 heavy (non-hydrogen) atoms. The lowest BCUT2D eigenvalue weighted by Crippen LogP contribution is -2.30. The highest BCUT2D eigenvalue weighted by Crippen LogP contribution is 2.25. The number of nitrogens with one attached hydrogen (secondary N) is 1. The zero-order chi connectivity index (χ0) is 22.2. The number of hydrogen-bond acceptors (Lipinski definition) is 3. The van der Waals surface area contributed by atoms with E-state index >= 15 is 0 Å². The molecule has 2 amide bonds. The van der Waals surface area contributed by atoms with Crippen molar-refractivity contribution in [2.24, 2.45) is 5.92 Å². The Bertz CT molecular complexity index is 974. The highest BCUT2D eigenvalue weighted by atomic mass is 16.2.